The SMILES string of the molecule is C=CCOc1cc(C(=O)OC)cc(C(OC)OC)c1. The fraction of sp³-hybridized carbons (Fsp3) is 0.357. The second-order valence-corrected chi connectivity index (χ2v) is 3.69. The fourth-order valence-electron chi connectivity index (χ4n) is 1.60. The number of esters is 1. The summed E-state index contributed by atoms with van der Waals surface area (Å²) < 4.78 is 20.5. The summed E-state index contributed by atoms with van der Waals surface area (Å²) in [5.41, 5.74) is 1.05. The third kappa shape index (κ3) is 4.08. The molecule has 0 aromatic heterocycles. The van der Waals surface area contributed by atoms with E-state index in [9.17, 15) is 4.79 Å². The summed E-state index contributed by atoms with van der Waals surface area (Å²) in [6.45, 7) is 3.92. The lowest BCUT2D eigenvalue weighted by molar-refractivity contribution is -0.106. The minimum Gasteiger partial charge on any atom is -0.490 e. The molecular weight excluding hydrogens is 248 g/mol. The largest absolute Gasteiger partial charge is 0.490 e. The Hall–Kier alpha value is -1.85. The predicted octanol–water partition coefficient (Wildman–Crippen LogP) is 2.33. The highest BCUT2D eigenvalue weighted by molar-refractivity contribution is 5.90. The lowest BCUT2D eigenvalue weighted by Gasteiger charge is -2.16. The van der Waals surface area contributed by atoms with Crippen molar-refractivity contribution < 1.29 is 23.7 Å². The standard InChI is InChI=1S/C14H18O5/c1-5-6-19-12-8-10(13(15)16-2)7-11(9-12)14(17-3)18-4/h5,7-9,14H,1,6H2,2-4H3. The van der Waals surface area contributed by atoms with Crippen molar-refractivity contribution in [2.75, 3.05) is 27.9 Å². The molecule has 19 heavy (non-hydrogen) atoms. The zero-order valence-electron chi connectivity index (χ0n) is 11.3. The predicted molar refractivity (Wildman–Crippen MR) is 70.2 cm³/mol. The smallest absolute Gasteiger partial charge is 0.337 e. The van der Waals surface area contributed by atoms with Crippen LogP contribution in [0.2, 0.25) is 0 Å². The molecule has 1 aromatic rings. The van der Waals surface area contributed by atoms with Crippen molar-refractivity contribution in [2.45, 2.75) is 6.29 Å². The topological polar surface area (TPSA) is 54.0 Å². The summed E-state index contributed by atoms with van der Waals surface area (Å²) in [5.74, 6) is 0.0770. The van der Waals surface area contributed by atoms with E-state index in [1.54, 1.807) is 24.3 Å². The van der Waals surface area contributed by atoms with Crippen LogP contribution in [0.25, 0.3) is 0 Å². The molecule has 0 saturated carbocycles. The number of benzene rings is 1. The van der Waals surface area contributed by atoms with E-state index in [0.717, 1.165) is 0 Å². The first kappa shape index (κ1) is 15.2. The number of hydrogen-bond donors (Lipinski definition) is 0. The molecule has 104 valence electrons. The molecule has 0 unspecified atom stereocenters. The highest BCUT2D eigenvalue weighted by atomic mass is 16.7. The van der Waals surface area contributed by atoms with Gasteiger partial charge in [0.05, 0.1) is 12.7 Å². The number of carbonyl (C=O) groups excluding carboxylic acids is 1. The van der Waals surface area contributed by atoms with Crippen molar-refractivity contribution in [3.63, 3.8) is 0 Å². The number of ether oxygens (including phenoxy) is 4. The summed E-state index contributed by atoms with van der Waals surface area (Å²) in [6.07, 6.45) is 1.05. The highest BCUT2D eigenvalue weighted by Gasteiger charge is 2.15. The van der Waals surface area contributed by atoms with Gasteiger partial charge < -0.3 is 18.9 Å². The van der Waals surface area contributed by atoms with Gasteiger partial charge in [-0.25, -0.2) is 4.79 Å². The van der Waals surface area contributed by atoms with Crippen molar-refractivity contribution in [3.05, 3.63) is 42.0 Å². The zero-order valence-corrected chi connectivity index (χ0v) is 11.3. The van der Waals surface area contributed by atoms with Crippen LogP contribution in [-0.4, -0.2) is 33.9 Å². The number of rotatable bonds is 7. The second kappa shape index (κ2) is 7.56. The van der Waals surface area contributed by atoms with Crippen LogP contribution in [0.3, 0.4) is 0 Å². The van der Waals surface area contributed by atoms with Crippen molar-refractivity contribution in [1.29, 1.82) is 0 Å². The maximum atomic E-state index is 11.6. The molecule has 0 heterocycles. The van der Waals surface area contributed by atoms with Crippen molar-refractivity contribution in [1.82, 2.24) is 0 Å². The van der Waals surface area contributed by atoms with Gasteiger partial charge in [0.25, 0.3) is 0 Å². The molecule has 5 heteroatoms. The molecule has 0 spiro atoms. The van der Waals surface area contributed by atoms with Crippen LogP contribution in [0.1, 0.15) is 22.2 Å². The van der Waals surface area contributed by atoms with Crippen LogP contribution in [-0.2, 0) is 14.2 Å². The molecule has 0 aliphatic rings. The van der Waals surface area contributed by atoms with Gasteiger partial charge in [0.2, 0.25) is 0 Å². The minimum absolute atomic E-state index is 0.342. The monoisotopic (exact) mass is 266 g/mol. The van der Waals surface area contributed by atoms with Gasteiger partial charge in [0, 0.05) is 19.8 Å². The van der Waals surface area contributed by atoms with E-state index < -0.39 is 12.3 Å². The first-order chi connectivity index (χ1) is 9.15. The zero-order chi connectivity index (χ0) is 14.3. The van der Waals surface area contributed by atoms with Gasteiger partial charge in [-0.15, -0.1) is 0 Å². The Balaban J connectivity index is 3.14. The second-order valence-electron chi connectivity index (χ2n) is 3.69. The summed E-state index contributed by atoms with van der Waals surface area (Å²) in [4.78, 5) is 11.6. The molecule has 0 aliphatic heterocycles. The summed E-state index contributed by atoms with van der Waals surface area (Å²) in [6, 6.07) is 4.99. The molecule has 0 amide bonds. The lowest BCUT2D eigenvalue weighted by atomic mass is 10.1. The van der Waals surface area contributed by atoms with E-state index in [-0.39, 0.29) is 0 Å². The summed E-state index contributed by atoms with van der Waals surface area (Å²) in [5, 5.41) is 0. The lowest BCUT2D eigenvalue weighted by Crippen LogP contribution is -2.08. The molecule has 0 bridgehead atoms. The van der Waals surface area contributed by atoms with E-state index in [4.69, 9.17) is 18.9 Å². The Labute approximate surface area is 112 Å². The van der Waals surface area contributed by atoms with E-state index in [2.05, 4.69) is 6.58 Å². The van der Waals surface area contributed by atoms with Crippen LogP contribution in [0.4, 0.5) is 0 Å². The van der Waals surface area contributed by atoms with Crippen LogP contribution in [0.15, 0.2) is 30.9 Å². The third-order valence-corrected chi connectivity index (χ3v) is 2.42. The van der Waals surface area contributed by atoms with Gasteiger partial charge in [-0.3, -0.25) is 0 Å². The normalized spacial score (nSPS) is 10.3. The molecule has 1 aromatic carbocycles. The van der Waals surface area contributed by atoms with Crippen molar-refractivity contribution in [2.24, 2.45) is 0 Å². The highest BCUT2D eigenvalue weighted by Crippen LogP contribution is 2.25. The number of carbonyl (C=O) groups is 1. The van der Waals surface area contributed by atoms with E-state index >= 15 is 0 Å². The van der Waals surface area contributed by atoms with Crippen molar-refractivity contribution >= 4 is 5.97 Å². The van der Waals surface area contributed by atoms with Crippen LogP contribution in [0.5, 0.6) is 5.75 Å². The molecule has 0 fully saturated rings. The first-order valence-corrected chi connectivity index (χ1v) is 5.68. The molecule has 5 nitrogen and oxygen atoms in total. The molecule has 0 radical (unpaired) electrons. The maximum Gasteiger partial charge on any atom is 0.337 e. The molecule has 0 aliphatic carbocycles. The minimum atomic E-state index is -0.573. The Morgan fingerprint density at radius 1 is 1.26 bits per heavy atom. The van der Waals surface area contributed by atoms with Gasteiger partial charge in [0.15, 0.2) is 6.29 Å². The number of methoxy groups -OCH3 is 3. The Morgan fingerprint density at radius 2 is 1.95 bits per heavy atom. The maximum absolute atomic E-state index is 11.6. The van der Waals surface area contributed by atoms with Gasteiger partial charge in [-0.05, 0) is 18.2 Å². The van der Waals surface area contributed by atoms with Gasteiger partial charge in [-0.1, -0.05) is 12.7 Å². The van der Waals surface area contributed by atoms with Gasteiger partial charge in [-0.2, -0.15) is 0 Å². The molecule has 0 atom stereocenters. The molecule has 0 saturated heterocycles. The Morgan fingerprint density at radius 3 is 2.47 bits per heavy atom. The van der Waals surface area contributed by atoms with Crippen LogP contribution in [0, 0.1) is 0 Å². The Kier molecular flexibility index (Phi) is 6.05. The quantitative estimate of drug-likeness (QED) is 0.430. The van der Waals surface area contributed by atoms with Crippen LogP contribution >= 0.6 is 0 Å². The molecular formula is C14H18O5. The Bertz CT molecular complexity index is 437. The summed E-state index contributed by atoms with van der Waals surface area (Å²) in [7, 11) is 4.36. The first-order valence-electron chi connectivity index (χ1n) is 5.68. The van der Waals surface area contributed by atoms with Gasteiger partial charge in [0.1, 0.15) is 12.4 Å². The molecule has 0 N–H and O–H groups in total. The van der Waals surface area contributed by atoms with Crippen molar-refractivity contribution in [3.8, 4) is 5.75 Å². The summed E-state index contributed by atoms with van der Waals surface area (Å²) >= 11 is 0. The van der Waals surface area contributed by atoms with E-state index in [1.807, 2.05) is 0 Å². The number of hydrogen-bond acceptors (Lipinski definition) is 5. The fourth-order valence-corrected chi connectivity index (χ4v) is 1.60. The van der Waals surface area contributed by atoms with Crippen LogP contribution < -0.4 is 4.74 Å². The van der Waals surface area contributed by atoms with Gasteiger partial charge >= 0.3 is 5.97 Å². The average molecular weight is 266 g/mol. The molecule has 1 rings (SSSR count). The van der Waals surface area contributed by atoms with E-state index in [0.29, 0.717) is 23.5 Å². The van der Waals surface area contributed by atoms with E-state index in [1.165, 1.54) is 21.3 Å². The average Bonchev–Trinajstić information content (AvgIpc) is 2.45. The third-order valence-electron chi connectivity index (χ3n) is 2.42.